The minimum atomic E-state index is -0.546. The number of rotatable bonds is 6. The van der Waals surface area contributed by atoms with Crippen LogP contribution in [0.15, 0.2) is 24.3 Å². The van der Waals surface area contributed by atoms with E-state index in [0.29, 0.717) is 17.9 Å². The summed E-state index contributed by atoms with van der Waals surface area (Å²) in [6.07, 6.45) is 0.0852. The molecule has 1 unspecified atom stereocenters. The Labute approximate surface area is 120 Å². The molecule has 1 atom stereocenters. The number of nitrogens with one attached hydrogen (secondary N) is 1. The number of carbonyl (C=O) groups excluding carboxylic acids is 1. The number of benzene rings is 1. The fourth-order valence-corrected chi connectivity index (χ4v) is 1.77. The van der Waals surface area contributed by atoms with E-state index < -0.39 is 6.10 Å². The molecule has 112 valence electrons. The maximum Gasteiger partial charge on any atom is 0.258 e. The highest BCUT2D eigenvalue weighted by Crippen LogP contribution is 2.20. The molecule has 0 aliphatic heterocycles. The minimum Gasteiger partial charge on any atom is -0.484 e. The molecular formula is C15H24N2O3. The van der Waals surface area contributed by atoms with Crippen LogP contribution < -0.4 is 15.8 Å². The molecule has 0 aromatic heterocycles. The summed E-state index contributed by atoms with van der Waals surface area (Å²) < 4.78 is 5.31. The molecule has 0 saturated carbocycles. The van der Waals surface area contributed by atoms with Gasteiger partial charge in [0.25, 0.3) is 5.91 Å². The molecule has 0 saturated heterocycles. The van der Waals surface area contributed by atoms with Crippen molar-refractivity contribution in [3.05, 3.63) is 24.3 Å². The maximum absolute atomic E-state index is 11.6. The summed E-state index contributed by atoms with van der Waals surface area (Å²) in [7, 11) is 0. The first kappa shape index (κ1) is 16.3. The van der Waals surface area contributed by atoms with Crippen molar-refractivity contribution in [1.82, 2.24) is 5.32 Å². The number of aliphatic hydroxyl groups excluding tert-OH is 1. The lowest BCUT2D eigenvalue weighted by atomic mass is 9.89. The van der Waals surface area contributed by atoms with Crippen LogP contribution in [0.2, 0.25) is 0 Å². The molecule has 0 spiro atoms. The summed E-state index contributed by atoms with van der Waals surface area (Å²) in [5, 5.41) is 12.4. The lowest BCUT2D eigenvalue weighted by Gasteiger charge is -2.22. The van der Waals surface area contributed by atoms with Crippen molar-refractivity contribution in [2.45, 2.75) is 33.3 Å². The third-order valence-corrected chi connectivity index (χ3v) is 2.63. The van der Waals surface area contributed by atoms with Gasteiger partial charge in [0.15, 0.2) is 6.61 Å². The number of aliphatic hydroxyl groups is 1. The molecule has 5 heteroatoms. The number of nitrogen functional groups attached to an aromatic ring is 1. The molecule has 0 heterocycles. The number of hydrogen-bond acceptors (Lipinski definition) is 4. The summed E-state index contributed by atoms with van der Waals surface area (Å²) >= 11 is 0. The van der Waals surface area contributed by atoms with Gasteiger partial charge in [0.2, 0.25) is 0 Å². The number of carbonyl (C=O) groups is 1. The van der Waals surface area contributed by atoms with Crippen LogP contribution in [0.1, 0.15) is 27.2 Å². The van der Waals surface area contributed by atoms with Gasteiger partial charge in [-0.05, 0) is 36.1 Å². The fraction of sp³-hybridized carbons (Fsp3) is 0.533. The predicted octanol–water partition coefficient (Wildman–Crippen LogP) is 1.56. The second-order valence-corrected chi connectivity index (χ2v) is 6.08. The zero-order valence-corrected chi connectivity index (χ0v) is 12.3. The first-order valence-electron chi connectivity index (χ1n) is 6.69. The van der Waals surface area contributed by atoms with Gasteiger partial charge in [-0.25, -0.2) is 0 Å². The molecule has 5 nitrogen and oxygen atoms in total. The van der Waals surface area contributed by atoms with Crippen molar-refractivity contribution in [3.8, 4) is 5.75 Å². The molecule has 1 aromatic carbocycles. The highest BCUT2D eigenvalue weighted by Gasteiger charge is 2.17. The van der Waals surface area contributed by atoms with Crippen molar-refractivity contribution in [2.75, 3.05) is 18.9 Å². The first-order valence-corrected chi connectivity index (χ1v) is 6.69. The molecule has 0 aliphatic carbocycles. The Morgan fingerprint density at radius 1 is 1.35 bits per heavy atom. The molecule has 0 aliphatic rings. The Bertz CT molecular complexity index is 424. The number of anilines is 1. The van der Waals surface area contributed by atoms with E-state index in [-0.39, 0.29) is 24.5 Å². The van der Waals surface area contributed by atoms with Gasteiger partial charge >= 0.3 is 0 Å². The standard InChI is InChI=1S/C15H24N2O3/c1-15(2,3)8-12(18)9-17-14(19)10-20-13-6-4-11(16)5-7-13/h4-7,12,18H,8-10,16H2,1-3H3,(H,17,19). The summed E-state index contributed by atoms with van der Waals surface area (Å²) in [5.41, 5.74) is 6.23. The molecule has 0 radical (unpaired) electrons. The smallest absolute Gasteiger partial charge is 0.258 e. The van der Waals surface area contributed by atoms with Crippen molar-refractivity contribution >= 4 is 11.6 Å². The van der Waals surface area contributed by atoms with Gasteiger partial charge in [0.05, 0.1) is 6.10 Å². The van der Waals surface area contributed by atoms with E-state index in [9.17, 15) is 9.90 Å². The van der Waals surface area contributed by atoms with Crippen LogP contribution in [0.25, 0.3) is 0 Å². The average molecular weight is 280 g/mol. The Hall–Kier alpha value is -1.75. The van der Waals surface area contributed by atoms with Crippen LogP contribution in [0, 0.1) is 5.41 Å². The van der Waals surface area contributed by atoms with E-state index in [2.05, 4.69) is 5.32 Å². The Kier molecular flexibility index (Phi) is 5.82. The van der Waals surface area contributed by atoms with Gasteiger partial charge in [0, 0.05) is 12.2 Å². The Morgan fingerprint density at radius 2 is 1.95 bits per heavy atom. The molecular weight excluding hydrogens is 256 g/mol. The van der Waals surface area contributed by atoms with Crippen LogP contribution >= 0.6 is 0 Å². The number of nitrogens with two attached hydrogens (primary N) is 1. The topological polar surface area (TPSA) is 84.6 Å². The number of hydrogen-bond donors (Lipinski definition) is 3. The van der Waals surface area contributed by atoms with Crippen molar-refractivity contribution in [1.29, 1.82) is 0 Å². The highest BCUT2D eigenvalue weighted by atomic mass is 16.5. The van der Waals surface area contributed by atoms with Crippen LogP contribution in [0.3, 0.4) is 0 Å². The maximum atomic E-state index is 11.6. The normalized spacial score (nSPS) is 12.8. The van der Waals surface area contributed by atoms with Crippen LogP contribution in [-0.4, -0.2) is 30.3 Å². The van der Waals surface area contributed by atoms with Crippen molar-refractivity contribution in [3.63, 3.8) is 0 Å². The van der Waals surface area contributed by atoms with E-state index in [4.69, 9.17) is 10.5 Å². The van der Waals surface area contributed by atoms with Gasteiger partial charge in [0.1, 0.15) is 5.75 Å². The summed E-state index contributed by atoms with van der Waals surface area (Å²) in [6.45, 7) is 6.29. The van der Waals surface area contributed by atoms with Crippen LogP contribution in [0.4, 0.5) is 5.69 Å². The first-order chi connectivity index (χ1) is 9.26. The molecule has 20 heavy (non-hydrogen) atoms. The monoisotopic (exact) mass is 280 g/mol. The molecule has 0 bridgehead atoms. The number of amides is 1. The fourth-order valence-electron chi connectivity index (χ4n) is 1.77. The minimum absolute atomic E-state index is 0.0324. The second kappa shape index (κ2) is 7.14. The molecule has 1 amide bonds. The summed E-state index contributed by atoms with van der Waals surface area (Å²) in [6, 6.07) is 6.83. The SMILES string of the molecule is CC(C)(C)CC(O)CNC(=O)COc1ccc(N)cc1. The molecule has 4 N–H and O–H groups in total. The van der Waals surface area contributed by atoms with Gasteiger partial charge in [-0.1, -0.05) is 20.8 Å². The number of ether oxygens (including phenoxy) is 1. The zero-order valence-electron chi connectivity index (χ0n) is 12.3. The predicted molar refractivity (Wildman–Crippen MR) is 79.4 cm³/mol. The molecule has 0 fully saturated rings. The summed E-state index contributed by atoms with van der Waals surface area (Å²) in [4.78, 5) is 11.6. The van der Waals surface area contributed by atoms with E-state index >= 15 is 0 Å². The third kappa shape index (κ3) is 6.99. The lowest BCUT2D eigenvalue weighted by Crippen LogP contribution is -2.36. The summed E-state index contributed by atoms with van der Waals surface area (Å²) in [5.74, 6) is 0.333. The zero-order chi connectivity index (χ0) is 15.2. The second-order valence-electron chi connectivity index (χ2n) is 6.08. The van der Waals surface area contributed by atoms with Gasteiger partial charge in [-0.2, -0.15) is 0 Å². The third-order valence-electron chi connectivity index (χ3n) is 2.63. The Morgan fingerprint density at radius 3 is 2.50 bits per heavy atom. The lowest BCUT2D eigenvalue weighted by molar-refractivity contribution is -0.123. The molecule has 1 rings (SSSR count). The van der Waals surface area contributed by atoms with E-state index in [1.54, 1.807) is 24.3 Å². The van der Waals surface area contributed by atoms with E-state index in [1.807, 2.05) is 20.8 Å². The quantitative estimate of drug-likeness (QED) is 0.690. The van der Waals surface area contributed by atoms with Crippen LogP contribution in [-0.2, 0) is 4.79 Å². The van der Waals surface area contributed by atoms with Crippen molar-refractivity contribution in [2.24, 2.45) is 5.41 Å². The van der Waals surface area contributed by atoms with Gasteiger partial charge in [-0.15, -0.1) is 0 Å². The van der Waals surface area contributed by atoms with Gasteiger partial charge in [-0.3, -0.25) is 4.79 Å². The Balaban J connectivity index is 2.25. The van der Waals surface area contributed by atoms with E-state index in [1.165, 1.54) is 0 Å². The largest absolute Gasteiger partial charge is 0.484 e. The molecule has 1 aromatic rings. The average Bonchev–Trinajstić information content (AvgIpc) is 2.33. The van der Waals surface area contributed by atoms with Crippen LogP contribution in [0.5, 0.6) is 5.75 Å². The van der Waals surface area contributed by atoms with E-state index in [0.717, 1.165) is 0 Å². The van der Waals surface area contributed by atoms with Gasteiger partial charge < -0.3 is 20.9 Å². The van der Waals surface area contributed by atoms with Crippen molar-refractivity contribution < 1.29 is 14.6 Å². The highest BCUT2D eigenvalue weighted by molar-refractivity contribution is 5.77.